The van der Waals surface area contributed by atoms with Gasteiger partial charge in [-0.25, -0.2) is 0 Å². The first-order chi connectivity index (χ1) is 7.36. The highest BCUT2D eigenvalue weighted by Gasteiger charge is 2.13. The third-order valence-corrected chi connectivity index (χ3v) is 2.51. The van der Waals surface area contributed by atoms with Crippen molar-refractivity contribution in [3.05, 3.63) is 29.8 Å². The fourth-order valence-corrected chi connectivity index (χ4v) is 1.76. The van der Waals surface area contributed by atoms with Crippen LogP contribution in [0.15, 0.2) is 18.6 Å². The van der Waals surface area contributed by atoms with Gasteiger partial charge in [0.05, 0.1) is 12.1 Å². The normalized spacial score (nSPS) is 10.5. The van der Waals surface area contributed by atoms with Crippen molar-refractivity contribution >= 4 is 11.6 Å². The molecule has 0 amide bonds. The standard InChI is InChI=1S/C10H11ClN4/c1-2-8-7(5-11)10(15-14-8)9-6-12-3-4-13-9/h3-4,6H,2,5H2,1H3,(H,14,15). The van der Waals surface area contributed by atoms with Crippen molar-refractivity contribution in [1.29, 1.82) is 0 Å². The summed E-state index contributed by atoms with van der Waals surface area (Å²) in [7, 11) is 0. The maximum absolute atomic E-state index is 5.90. The second-order valence-electron chi connectivity index (χ2n) is 3.11. The average molecular weight is 223 g/mol. The molecule has 0 unspecified atom stereocenters. The van der Waals surface area contributed by atoms with E-state index in [-0.39, 0.29) is 0 Å². The van der Waals surface area contributed by atoms with E-state index < -0.39 is 0 Å². The molecular weight excluding hydrogens is 212 g/mol. The molecule has 0 spiro atoms. The third kappa shape index (κ3) is 1.85. The molecule has 0 atom stereocenters. The summed E-state index contributed by atoms with van der Waals surface area (Å²) in [6.07, 6.45) is 5.85. The molecule has 2 aromatic heterocycles. The number of hydrogen-bond acceptors (Lipinski definition) is 3. The van der Waals surface area contributed by atoms with E-state index in [1.807, 2.05) is 0 Å². The lowest BCUT2D eigenvalue weighted by Crippen LogP contribution is -1.90. The summed E-state index contributed by atoms with van der Waals surface area (Å²) < 4.78 is 0. The Morgan fingerprint density at radius 2 is 2.27 bits per heavy atom. The maximum Gasteiger partial charge on any atom is 0.117 e. The van der Waals surface area contributed by atoms with Gasteiger partial charge in [0.25, 0.3) is 0 Å². The minimum atomic E-state index is 0.436. The molecule has 78 valence electrons. The molecular formula is C10H11ClN4. The number of nitrogens with one attached hydrogen (secondary N) is 1. The molecule has 2 rings (SSSR count). The van der Waals surface area contributed by atoms with Crippen molar-refractivity contribution in [2.45, 2.75) is 19.2 Å². The van der Waals surface area contributed by atoms with Crippen LogP contribution in [-0.4, -0.2) is 20.2 Å². The van der Waals surface area contributed by atoms with E-state index in [9.17, 15) is 0 Å². The Bertz CT molecular complexity index is 438. The minimum Gasteiger partial charge on any atom is -0.282 e. The average Bonchev–Trinajstić information content (AvgIpc) is 2.72. The van der Waals surface area contributed by atoms with Gasteiger partial charge in [-0.1, -0.05) is 6.92 Å². The van der Waals surface area contributed by atoms with Crippen molar-refractivity contribution in [2.75, 3.05) is 0 Å². The summed E-state index contributed by atoms with van der Waals surface area (Å²) in [6, 6.07) is 0. The zero-order valence-corrected chi connectivity index (χ0v) is 9.12. The van der Waals surface area contributed by atoms with Crippen molar-refractivity contribution < 1.29 is 0 Å². The first-order valence-corrected chi connectivity index (χ1v) is 5.28. The van der Waals surface area contributed by atoms with E-state index in [4.69, 9.17) is 11.6 Å². The molecule has 2 aromatic rings. The summed E-state index contributed by atoms with van der Waals surface area (Å²) in [4.78, 5) is 8.21. The summed E-state index contributed by atoms with van der Waals surface area (Å²) in [6.45, 7) is 2.06. The number of rotatable bonds is 3. The van der Waals surface area contributed by atoms with Gasteiger partial charge >= 0.3 is 0 Å². The van der Waals surface area contributed by atoms with Gasteiger partial charge in [0.1, 0.15) is 11.4 Å². The van der Waals surface area contributed by atoms with E-state index >= 15 is 0 Å². The van der Waals surface area contributed by atoms with E-state index in [0.717, 1.165) is 29.1 Å². The second-order valence-corrected chi connectivity index (χ2v) is 3.37. The molecule has 0 aliphatic rings. The summed E-state index contributed by atoms with van der Waals surface area (Å²) >= 11 is 5.90. The van der Waals surface area contributed by atoms with Crippen molar-refractivity contribution in [2.24, 2.45) is 0 Å². The molecule has 2 heterocycles. The number of nitrogens with zero attached hydrogens (tertiary/aromatic N) is 3. The first-order valence-electron chi connectivity index (χ1n) is 4.75. The van der Waals surface area contributed by atoms with Crippen LogP contribution in [0.2, 0.25) is 0 Å². The zero-order chi connectivity index (χ0) is 10.7. The molecule has 0 saturated carbocycles. The Labute approximate surface area is 92.7 Å². The van der Waals surface area contributed by atoms with Gasteiger partial charge in [0.15, 0.2) is 0 Å². The molecule has 0 fully saturated rings. The number of H-pyrrole nitrogens is 1. The highest BCUT2D eigenvalue weighted by Crippen LogP contribution is 2.23. The van der Waals surface area contributed by atoms with Gasteiger partial charge < -0.3 is 0 Å². The van der Waals surface area contributed by atoms with E-state index in [2.05, 4.69) is 27.1 Å². The summed E-state index contributed by atoms with van der Waals surface area (Å²) in [5, 5.41) is 7.19. The van der Waals surface area contributed by atoms with Crippen LogP contribution in [0.1, 0.15) is 18.2 Å². The second kappa shape index (κ2) is 4.40. The SMILES string of the molecule is CCc1[nH]nc(-c2cnccn2)c1CCl. The molecule has 15 heavy (non-hydrogen) atoms. The topological polar surface area (TPSA) is 54.5 Å². The molecule has 0 saturated heterocycles. The number of aromatic amines is 1. The number of alkyl halides is 1. The van der Waals surface area contributed by atoms with Gasteiger partial charge in [-0.15, -0.1) is 11.6 Å². The van der Waals surface area contributed by atoms with Gasteiger partial charge in [-0.05, 0) is 6.42 Å². The first kappa shape index (κ1) is 10.1. The predicted molar refractivity (Wildman–Crippen MR) is 58.5 cm³/mol. The number of halogens is 1. The van der Waals surface area contributed by atoms with Crippen LogP contribution in [0.5, 0.6) is 0 Å². The Morgan fingerprint density at radius 3 is 2.87 bits per heavy atom. The Balaban J connectivity index is 2.49. The maximum atomic E-state index is 5.90. The zero-order valence-electron chi connectivity index (χ0n) is 8.37. The van der Waals surface area contributed by atoms with E-state index in [1.54, 1.807) is 18.6 Å². The van der Waals surface area contributed by atoms with Crippen molar-refractivity contribution in [3.8, 4) is 11.4 Å². The van der Waals surface area contributed by atoms with Crippen LogP contribution in [0.25, 0.3) is 11.4 Å². The number of aromatic nitrogens is 4. The fraction of sp³-hybridized carbons (Fsp3) is 0.300. The monoisotopic (exact) mass is 222 g/mol. The van der Waals surface area contributed by atoms with Gasteiger partial charge in [0, 0.05) is 23.7 Å². The van der Waals surface area contributed by atoms with Crippen LogP contribution >= 0.6 is 11.6 Å². The quantitative estimate of drug-likeness (QED) is 0.810. The van der Waals surface area contributed by atoms with Gasteiger partial charge in [-0.3, -0.25) is 15.1 Å². The molecule has 0 radical (unpaired) electrons. The van der Waals surface area contributed by atoms with Crippen LogP contribution in [0, 0.1) is 0 Å². The molecule has 0 aliphatic carbocycles. The highest BCUT2D eigenvalue weighted by molar-refractivity contribution is 6.17. The third-order valence-electron chi connectivity index (χ3n) is 2.25. The van der Waals surface area contributed by atoms with Crippen LogP contribution in [-0.2, 0) is 12.3 Å². The van der Waals surface area contributed by atoms with Gasteiger partial charge in [0.2, 0.25) is 0 Å². The lowest BCUT2D eigenvalue weighted by Gasteiger charge is -1.98. The minimum absolute atomic E-state index is 0.436. The Kier molecular flexibility index (Phi) is 2.97. The van der Waals surface area contributed by atoms with E-state index in [1.165, 1.54) is 0 Å². The fourth-order valence-electron chi connectivity index (χ4n) is 1.47. The van der Waals surface area contributed by atoms with Crippen LogP contribution < -0.4 is 0 Å². The highest BCUT2D eigenvalue weighted by atomic mass is 35.5. The van der Waals surface area contributed by atoms with Crippen LogP contribution in [0.4, 0.5) is 0 Å². The summed E-state index contributed by atoms with van der Waals surface area (Å²) in [5.74, 6) is 0.436. The Hall–Kier alpha value is -1.42. The number of aryl methyl sites for hydroxylation is 1. The van der Waals surface area contributed by atoms with E-state index in [0.29, 0.717) is 5.88 Å². The molecule has 0 bridgehead atoms. The van der Waals surface area contributed by atoms with Crippen molar-refractivity contribution in [3.63, 3.8) is 0 Å². The van der Waals surface area contributed by atoms with Gasteiger partial charge in [-0.2, -0.15) is 5.10 Å². The molecule has 4 nitrogen and oxygen atoms in total. The Morgan fingerprint density at radius 1 is 1.40 bits per heavy atom. The van der Waals surface area contributed by atoms with Crippen molar-refractivity contribution in [1.82, 2.24) is 20.2 Å². The lowest BCUT2D eigenvalue weighted by atomic mass is 10.1. The lowest BCUT2D eigenvalue weighted by molar-refractivity contribution is 0.967. The summed E-state index contributed by atoms with van der Waals surface area (Å²) in [5.41, 5.74) is 3.63. The molecule has 0 aromatic carbocycles. The predicted octanol–water partition coefficient (Wildman–Crippen LogP) is 2.17. The molecule has 1 N–H and O–H groups in total. The molecule has 5 heteroatoms. The smallest absolute Gasteiger partial charge is 0.117 e. The largest absolute Gasteiger partial charge is 0.282 e. The molecule has 0 aliphatic heterocycles. The van der Waals surface area contributed by atoms with Crippen LogP contribution in [0.3, 0.4) is 0 Å². The number of hydrogen-bond donors (Lipinski definition) is 1.